The van der Waals surface area contributed by atoms with Gasteiger partial charge in [0, 0.05) is 0 Å². The summed E-state index contributed by atoms with van der Waals surface area (Å²) < 4.78 is 0. The Bertz CT molecular complexity index is 874. The van der Waals surface area contributed by atoms with Gasteiger partial charge in [0.15, 0.2) is 0 Å². The van der Waals surface area contributed by atoms with Crippen LogP contribution in [-0.2, 0) is 4.79 Å². The Morgan fingerprint density at radius 3 is 0.983 bits per heavy atom. The summed E-state index contributed by atoms with van der Waals surface area (Å²) in [5.41, 5.74) is 0. The fraction of sp³-hybridized carbons (Fsp3) is 0.907. The van der Waals surface area contributed by atoms with Crippen LogP contribution in [0.3, 0.4) is 0 Å². The van der Waals surface area contributed by atoms with E-state index in [0.29, 0.717) is 6.42 Å². The number of allylic oxidation sites excluding steroid dienone is 3. The maximum Gasteiger partial charge on any atom is 0.249 e. The monoisotopic (exact) mass is 832 g/mol. The highest BCUT2D eigenvalue weighted by atomic mass is 16.3. The second-order valence-electron chi connectivity index (χ2n) is 18.4. The van der Waals surface area contributed by atoms with Gasteiger partial charge < -0.3 is 20.6 Å². The number of aliphatic hydroxyl groups excluding tert-OH is 3. The molecule has 0 fully saturated rings. The minimum Gasteiger partial charge on any atom is -0.394 e. The van der Waals surface area contributed by atoms with Crippen LogP contribution in [0.1, 0.15) is 290 Å². The van der Waals surface area contributed by atoms with Crippen molar-refractivity contribution < 1.29 is 20.1 Å². The quantitative estimate of drug-likeness (QED) is 0.0363. The lowest BCUT2D eigenvalue weighted by molar-refractivity contribution is -0.131. The molecule has 59 heavy (non-hydrogen) atoms. The van der Waals surface area contributed by atoms with Crippen LogP contribution in [0, 0.1) is 0 Å². The summed E-state index contributed by atoms with van der Waals surface area (Å²) in [6.07, 6.45) is 62.8. The molecule has 1 amide bonds. The molecule has 0 aromatic heterocycles. The Kier molecular flexibility index (Phi) is 48.5. The van der Waals surface area contributed by atoms with Crippen LogP contribution in [0.25, 0.3) is 0 Å². The molecule has 0 aliphatic heterocycles. The maximum atomic E-state index is 12.4. The lowest BCUT2D eigenvalue weighted by Gasteiger charge is -2.21. The number of hydrogen-bond acceptors (Lipinski definition) is 4. The van der Waals surface area contributed by atoms with E-state index < -0.39 is 24.2 Å². The van der Waals surface area contributed by atoms with E-state index in [9.17, 15) is 20.1 Å². The van der Waals surface area contributed by atoms with Gasteiger partial charge in [-0.2, -0.15) is 0 Å². The molecular formula is C54H105NO4. The Morgan fingerprint density at radius 1 is 0.407 bits per heavy atom. The van der Waals surface area contributed by atoms with E-state index in [4.69, 9.17) is 0 Å². The first-order chi connectivity index (χ1) is 29.1. The van der Waals surface area contributed by atoms with E-state index in [0.717, 1.165) is 32.1 Å². The number of carbonyl (C=O) groups excluding carboxylic acids is 1. The van der Waals surface area contributed by atoms with Gasteiger partial charge in [-0.25, -0.2) is 0 Å². The zero-order chi connectivity index (χ0) is 43.0. The van der Waals surface area contributed by atoms with Crippen molar-refractivity contribution in [1.82, 2.24) is 5.32 Å². The Hall–Kier alpha value is -1.17. The third kappa shape index (κ3) is 44.7. The predicted octanol–water partition coefficient (Wildman–Crippen LogP) is 16.1. The van der Waals surface area contributed by atoms with Crippen molar-refractivity contribution in [3.63, 3.8) is 0 Å². The molecule has 5 nitrogen and oxygen atoms in total. The van der Waals surface area contributed by atoms with Gasteiger partial charge in [0.25, 0.3) is 0 Å². The molecule has 4 N–H and O–H groups in total. The fourth-order valence-electron chi connectivity index (χ4n) is 8.36. The lowest BCUT2D eigenvalue weighted by atomic mass is 10.0. The summed E-state index contributed by atoms with van der Waals surface area (Å²) in [7, 11) is 0. The van der Waals surface area contributed by atoms with Crippen LogP contribution < -0.4 is 5.32 Å². The summed E-state index contributed by atoms with van der Waals surface area (Å²) >= 11 is 0. The topological polar surface area (TPSA) is 89.8 Å². The number of nitrogens with one attached hydrogen (secondary N) is 1. The van der Waals surface area contributed by atoms with Gasteiger partial charge in [-0.1, -0.05) is 269 Å². The molecule has 350 valence electrons. The summed E-state index contributed by atoms with van der Waals surface area (Å²) in [6.45, 7) is 4.17. The number of aliphatic hydroxyl groups is 3. The van der Waals surface area contributed by atoms with Crippen LogP contribution in [0.15, 0.2) is 24.3 Å². The third-order valence-electron chi connectivity index (χ3n) is 12.5. The minimum atomic E-state index is -1.09. The smallest absolute Gasteiger partial charge is 0.249 e. The number of hydrogen-bond donors (Lipinski definition) is 4. The summed E-state index contributed by atoms with van der Waals surface area (Å²) in [5, 5.41) is 33.0. The average molecular weight is 832 g/mol. The van der Waals surface area contributed by atoms with Gasteiger partial charge in [-0.05, 0) is 44.9 Å². The molecule has 0 aliphatic carbocycles. The van der Waals surface area contributed by atoms with E-state index in [1.807, 2.05) is 6.08 Å². The van der Waals surface area contributed by atoms with Crippen LogP contribution in [-0.4, -0.2) is 46.1 Å². The van der Waals surface area contributed by atoms with Gasteiger partial charge in [0.1, 0.15) is 6.10 Å². The normalized spacial score (nSPS) is 13.5. The zero-order valence-electron chi connectivity index (χ0n) is 39.9. The lowest BCUT2D eigenvalue weighted by Crippen LogP contribution is -2.48. The molecule has 0 rings (SSSR count). The summed E-state index contributed by atoms with van der Waals surface area (Å²) in [6, 6.07) is -0.793. The number of rotatable bonds is 49. The largest absolute Gasteiger partial charge is 0.394 e. The van der Waals surface area contributed by atoms with Gasteiger partial charge >= 0.3 is 0 Å². The van der Waals surface area contributed by atoms with Crippen LogP contribution in [0.5, 0.6) is 0 Å². The van der Waals surface area contributed by atoms with Gasteiger partial charge in [0.05, 0.1) is 18.8 Å². The van der Waals surface area contributed by atoms with Crippen molar-refractivity contribution in [2.24, 2.45) is 0 Å². The molecule has 0 spiro atoms. The molecule has 0 radical (unpaired) electrons. The van der Waals surface area contributed by atoms with E-state index in [-0.39, 0.29) is 6.61 Å². The van der Waals surface area contributed by atoms with Crippen LogP contribution in [0.2, 0.25) is 0 Å². The van der Waals surface area contributed by atoms with Gasteiger partial charge in [-0.3, -0.25) is 4.79 Å². The van der Waals surface area contributed by atoms with Crippen LogP contribution in [0.4, 0.5) is 0 Å². The Balaban J connectivity index is 3.42. The van der Waals surface area contributed by atoms with Crippen molar-refractivity contribution in [2.45, 2.75) is 308 Å². The van der Waals surface area contributed by atoms with E-state index in [1.54, 1.807) is 6.08 Å². The molecule has 0 aliphatic rings. The molecule has 0 saturated carbocycles. The number of carbonyl (C=O) groups is 1. The van der Waals surface area contributed by atoms with E-state index in [1.165, 1.54) is 238 Å². The fourth-order valence-corrected chi connectivity index (χ4v) is 8.36. The van der Waals surface area contributed by atoms with Crippen molar-refractivity contribution in [2.75, 3.05) is 6.61 Å². The molecule has 3 unspecified atom stereocenters. The summed E-state index contributed by atoms with van der Waals surface area (Å²) in [4.78, 5) is 12.4. The first kappa shape index (κ1) is 57.8. The third-order valence-corrected chi connectivity index (χ3v) is 12.5. The van der Waals surface area contributed by atoms with Crippen molar-refractivity contribution in [1.29, 1.82) is 0 Å². The standard InChI is InChI=1S/C54H105NO4/c1-3-5-7-9-11-13-14-15-16-17-18-19-20-21-22-23-24-25-26-27-28-29-30-31-32-33-34-35-36-37-38-39-41-43-45-47-49-53(58)54(59)55-51(50-56)52(57)48-46-44-42-40-12-10-8-6-4-2/h25-26,46,48,51-53,56-58H,3-24,27-45,47,49-50H2,1-2H3,(H,55,59)/b26-25-,48-46+. The zero-order valence-corrected chi connectivity index (χ0v) is 39.9. The maximum absolute atomic E-state index is 12.4. The highest BCUT2D eigenvalue weighted by Crippen LogP contribution is 2.17. The molecule has 5 heteroatoms. The molecule has 0 bridgehead atoms. The van der Waals surface area contributed by atoms with E-state index >= 15 is 0 Å². The second-order valence-corrected chi connectivity index (χ2v) is 18.4. The molecule has 0 aromatic rings. The molecule has 0 heterocycles. The minimum absolute atomic E-state index is 0.362. The summed E-state index contributed by atoms with van der Waals surface area (Å²) in [5.74, 6) is -0.502. The first-order valence-electron chi connectivity index (χ1n) is 26.7. The van der Waals surface area contributed by atoms with Crippen molar-refractivity contribution in [3.8, 4) is 0 Å². The Morgan fingerprint density at radius 2 is 0.678 bits per heavy atom. The van der Waals surface area contributed by atoms with Gasteiger partial charge in [-0.15, -0.1) is 0 Å². The Labute approximate surface area is 369 Å². The van der Waals surface area contributed by atoms with E-state index in [2.05, 4.69) is 31.3 Å². The predicted molar refractivity (Wildman–Crippen MR) is 259 cm³/mol. The van der Waals surface area contributed by atoms with Crippen molar-refractivity contribution >= 4 is 5.91 Å². The van der Waals surface area contributed by atoms with Crippen molar-refractivity contribution in [3.05, 3.63) is 24.3 Å². The number of unbranched alkanes of at least 4 members (excludes halogenated alkanes) is 39. The molecule has 0 saturated heterocycles. The number of amides is 1. The highest BCUT2D eigenvalue weighted by molar-refractivity contribution is 5.80. The molecular weight excluding hydrogens is 727 g/mol. The van der Waals surface area contributed by atoms with Gasteiger partial charge in [0.2, 0.25) is 5.91 Å². The SMILES string of the molecule is CCCCCCCCC/C=C/C(O)C(CO)NC(=O)C(O)CCCCCCCCCCCCCCCCCC/C=C\CCCCCCCCCCCCCCCCCC. The highest BCUT2D eigenvalue weighted by Gasteiger charge is 2.22. The second kappa shape index (κ2) is 49.5. The molecule has 0 aromatic carbocycles. The molecule has 3 atom stereocenters. The van der Waals surface area contributed by atoms with Crippen LogP contribution >= 0.6 is 0 Å². The first-order valence-corrected chi connectivity index (χ1v) is 26.7. The average Bonchev–Trinajstić information content (AvgIpc) is 3.24.